The van der Waals surface area contributed by atoms with Gasteiger partial charge >= 0.3 is 0 Å². The number of hydrogen-bond donors (Lipinski definition) is 1. The van der Waals surface area contributed by atoms with Crippen molar-refractivity contribution in [3.63, 3.8) is 0 Å². The number of nitrogens with zero attached hydrogens (tertiary/aromatic N) is 1. The molecule has 1 N–H and O–H groups in total. The molecule has 18 heavy (non-hydrogen) atoms. The SMILES string of the molecule is CCN(Cc1cc(Br)ccc1Cl)C1CCCNC1. The van der Waals surface area contributed by atoms with Crippen LogP contribution in [-0.2, 0) is 6.54 Å². The Bertz CT molecular complexity index is 391. The van der Waals surface area contributed by atoms with Crippen LogP contribution < -0.4 is 5.32 Å². The van der Waals surface area contributed by atoms with E-state index in [9.17, 15) is 0 Å². The lowest BCUT2D eigenvalue weighted by molar-refractivity contribution is 0.166. The largest absolute Gasteiger partial charge is 0.315 e. The van der Waals surface area contributed by atoms with Crippen molar-refractivity contribution < 1.29 is 0 Å². The van der Waals surface area contributed by atoms with Crippen molar-refractivity contribution in [2.45, 2.75) is 32.4 Å². The number of benzene rings is 1. The topological polar surface area (TPSA) is 15.3 Å². The molecule has 0 saturated carbocycles. The molecule has 1 aromatic rings. The maximum Gasteiger partial charge on any atom is 0.0451 e. The maximum atomic E-state index is 6.27. The molecule has 2 rings (SSSR count). The fourth-order valence-electron chi connectivity index (χ4n) is 2.53. The molecule has 1 atom stereocenters. The van der Waals surface area contributed by atoms with Crippen molar-refractivity contribution >= 4 is 27.5 Å². The van der Waals surface area contributed by atoms with Crippen LogP contribution >= 0.6 is 27.5 Å². The first kappa shape index (κ1) is 14.3. The van der Waals surface area contributed by atoms with E-state index in [1.165, 1.54) is 18.4 Å². The Hall–Kier alpha value is -0.0900. The van der Waals surface area contributed by atoms with Crippen molar-refractivity contribution in [1.29, 1.82) is 0 Å². The molecule has 0 bridgehead atoms. The second kappa shape index (κ2) is 6.90. The highest BCUT2D eigenvalue weighted by Crippen LogP contribution is 2.24. The second-order valence-electron chi connectivity index (χ2n) is 4.80. The molecule has 2 nitrogen and oxygen atoms in total. The molecule has 1 aliphatic heterocycles. The Labute approximate surface area is 123 Å². The zero-order valence-corrected chi connectivity index (χ0v) is 13.1. The Morgan fingerprint density at radius 3 is 3.00 bits per heavy atom. The maximum absolute atomic E-state index is 6.27. The van der Waals surface area contributed by atoms with Gasteiger partial charge in [0.2, 0.25) is 0 Å². The van der Waals surface area contributed by atoms with E-state index in [0.29, 0.717) is 6.04 Å². The number of rotatable bonds is 4. The highest BCUT2D eigenvalue weighted by molar-refractivity contribution is 9.10. The third-order valence-electron chi connectivity index (χ3n) is 3.57. The summed E-state index contributed by atoms with van der Waals surface area (Å²) >= 11 is 9.79. The third kappa shape index (κ3) is 3.70. The summed E-state index contributed by atoms with van der Waals surface area (Å²) in [6.07, 6.45) is 2.56. The minimum Gasteiger partial charge on any atom is -0.315 e. The first-order valence-electron chi connectivity index (χ1n) is 6.59. The van der Waals surface area contributed by atoms with Gasteiger partial charge in [0.15, 0.2) is 0 Å². The predicted octanol–water partition coefficient (Wildman–Crippen LogP) is 3.68. The lowest BCUT2D eigenvalue weighted by Crippen LogP contribution is -2.45. The minimum atomic E-state index is 0.638. The molecular formula is C14H20BrClN2. The molecular weight excluding hydrogens is 312 g/mol. The molecule has 1 unspecified atom stereocenters. The standard InChI is InChI=1S/C14H20BrClN2/c1-2-18(13-4-3-7-17-9-13)10-11-8-12(15)5-6-14(11)16/h5-6,8,13,17H,2-4,7,9-10H2,1H3. The van der Waals surface area contributed by atoms with Gasteiger partial charge < -0.3 is 5.32 Å². The lowest BCUT2D eigenvalue weighted by Gasteiger charge is -2.34. The van der Waals surface area contributed by atoms with Crippen LogP contribution in [0.25, 0.3) is 0 Å². The van der Waals surface area contributed by atoms with Gasteiger partial charge in [-0.2, -0.15) is 0 Å². The zero-order valence-electron chi connectivity index (χ0n) is 10.8. The Balaban J connectivity index is 2.06. The molecule has 0 aliphatic carbocycles. The van der Waals surface area contributed by atoms with E-state index in [2.05, 4.69) is 39.1 Å². The normalized spacial score (nSPS) is 20.3. The van der Waals surface area contributed by atoms with Crippen LogP contribution in [0.2, 0.25) is 5.02 Å². The fraction of sp³-hybridized carbons (Fsp3) is 0.571. The summed E-state index contributed by atoms with van der Waals surface area (Å²) in [5, 5.41) is 4.34. The third-order valence-corrected chi connectivity index (χ3v) is 4.44. The molecule has 1 aromatic carbocycles. The fourth-order valence-corrected chi connectivity index (χ4v) is 3.11. The zero-order chi connectivity index (χ0) is 13.0. The predicted molar refractivity (Wildman–Crippen MR) is 81.1 cm³/mol. The van der Waals surface area contributed by atoms with Crippen molar-refractivity contribution in [3.8, 4) is 0 Å². The van der Waals surface area contributed by atoms with Gasteiger partial charge in [-0.1, -0.05) is 34.5 Å². The Kier molecular flexibility index (Phi) is 5.49. The van der Waals surface area contributed by atoms with Gasteiger partial charge in [0.1, 0.15) is 0 Å². The summed E-state index contributed by atoms with van der Waals surface area (Å²) in [7, 11) is 0. The number of halogens is 2. The van der Waals surface area contributed by atoms with Gasteiger partial charge in [-0.05, 0) is 49.7 Å². The molecule has 1 fully saturated rings. The summed E-state index contributed by atoms with van der Waals surface area (Å²) in [6.45, 7) is 6.47. The molecule has 100 valence electrons. The summed E-state index contributed by atoms with van der Waals surface area (Å²) in [5.41, 5.74) is 1.21. The molecule has 0 amide bonds. The van der Waals surface area contributed by atoms with Gasteiger partial charge in [0, 0.05) is 28.6 Å². The highest BCUT2D eigenvalue weighted by atomic mass is 79.9. The van der Waals surface area contributed by atoms with E-state index >= 15 is 0 Å². The molecule has 1 heterocycles. The molecule has 1 saturated heterocycles. The van der Waals surface area contributed by atoms with Crippen LogP contribution in [0.1, 0.15) is 25.3 Å². The first-order valence-corrected chi connectivity index (χ1v) is 7.76. The Morgan fingerprint density at radius 1 is 1.50 bits per heavy atom. The van der Waals surface area contributed by atoms with Crippen molar-refractivity contribution in [3.05, 3.63) is 33.3 Å². The van der Waals surface area contributed by atoms with Crippen LogP contribution in [-0.4, -0.2) is 30.6 Å². The number of piperidine rings is 1. The first-order chi connectivity index (χ1) is 8.70. The van der Waals surface area contributed by atoms with Crippen LogP contribution in [0.5, 0.6) is 0 Å². The lowest BCUT2D eigenvalue weighted by atomic mass is 10.0. The summed E-state index contributed by atoms with van der Waals surface area (Å²) in [5.74, 6) is 0. The summed E-state index contributed by atoms with van der Waals surface area (Å²) in [6, 6.07) is 6.72. The number of nitrogens with one attached hydrogen (secondary N) is 1. The van der Waals surface area contributed by atoms with Gasteiger partial charge in [-0.3, -0.25) is 4.90 Å². The number of likely N-dealkylation sites (N-methyl/N-ethyl adjacent to an activating group) is 1. The molecule has 0 radical (unpaired) electrons. The smallest absolute Gasteiger partial charge is 0.0451 e. The average molecular weight is 332 g/mol. The van der Waals surface area contributed by atoms with E-state index in [4.69, 9.17) is 11.6 Å². The van der Waals surface area contributed by atoms with Crippen LogP contribution in [0.15, 0.2) is 22.7 Å². The van der Waals surface area contributed by atoms with E-state index in [1.54, 1.807) is 0 Å². The quantitative estimate of drug-likeness (QED) is 0.905. The van der Waals surface area contributed by atoms with Gasteiger partial charge in [-0.15, -0.1) is 0 Å². The number of hydrogen-bond acceptors (Lipinski definition) is 2. The van der Waals surface area contributed by atoms with E-state index in [1.807, 2.05) is 12.1 Å². The highest BCUT2D eigenvalue weighted by Gasteiger charge is 2.20. The van der Waals surface area contributed by atoms with Crippen LogP contribution in [0.4, 0.5) is 0 Å². The molecule has 0 spiro atoms. The van der Waals surface area contributed by atoms with Crippen molar-refractivity contribution in [1.82, 2.24) is 10.2 Å². The van der Waals surface area contributed by atoms with Crippen LogP contribution in [0, 0.1) is 0 Å². The van der Waals surface area contributed by atoms with E-state index in [0.717, 1.165) is 35.7 Å². The van der Waals surface area contributed by atoms with Crippen molar-refractivity contribution in [2.75, 3.05) is 19.6 Å². The second-order valence-corrected chi connectivity index (χ2v) is 6.12. The van der Waals surface area contributed by atoms with Crippen molar-refractivity contribution in [2.24, 2.45) is 0 Å². The van der Waals surface area contributed by atoms with Gasteiger partial charge in [-0.25, -0.2) is 0 Å². The molecule has 0 aromatic heterocycles. The van der Waals surface area contributed by atoms with Gasteiger partial charge in [0.25, 0.3) is 0 Å². The van der Waals surface area contributed by atoms with E-state index in [-0.39, 0.29) is 0 Å². The summed E-state index contributed by atoms with van der Waals surface area (Å²) < 4.78 is 1.10. The van der Waals surface area contributed by atoms with Crippen LogP contribution in [0.3, 0.4) is 0 Å². The monoisotopic (exact) mass is 330 g/mol. The molecule has 4 heteroatoms. The molecule has 1 aliphatic rings. The average Bonchev–Trinajstić information content (AvgIpc) is 2.41. The Morgan fingerprint density at radius 2 is 2.33 bits per heavy atom. The van der Waals surface area contributed by atoms with Gasteiger partial charge in [0.05, 0.1) is 0 Å². The minimum absolute atomic E-state index is 0.638. The summed E-state index contributed by atoms with van der Waals surface area (Å²) in [4.78, 5) is 2.51. The van der Waals surface area contributed by atoms with E-state index < -0.39 is 0 Å².